The van der Waals surface area contributed by atoms with Crippen molar-refractivity contribution < 1.29 is 14.7 Å². The summed E-state index contributed by atoms with van der Waals surface area (Å²) in [5.74, 6) is -1.47. The fourth-order valence-electron chi connectivity index (χ4n) is 1.82. The Morgan fingerprint density at radius 1 is 1.43 bits per heavy atom. The number of aliphatic carboxylic acids is 1. The highest BCUT2D eigenvalue weighted by atomic mass is 32.1. The maximum absolute atomic E-state index is 12.1. The third-order valence-corrected chi connectivity index (χ3v) is 3.92. The summed E-state index contributed by atoms with van der Waals surface area (Å²) in [6.07, 6.45) is 1.28. The Kier molecular flexibility index (Phi) is 4.54. The van der Waals surface area contributed by atoms with Gasteiger partial charge in [-0.05, 0) is 17.5 Å². The van der Waals surface area contributed by atoms with Crippen LogP contribution >= 0.6 is 11.3 Å². The Hall–Kier alpha value is -2.41. The molecule has 110 valence electrons. The minimum absolute atomic E-state index is 0.211. The van der Waals surface area contributed by atoms with Crippen LogP contribution in [0.3, 0.4) is 0 Å². The molecule has 1 unspecified atom stereocenters. The Labute approximate surface area is 124 Å². The molecule has 2 N–H and O–H groups in total. The fourth-order valence-corrected chi connectivity index (χ4v) is 2.60. The van der Waals surface area contributed by atoms with Crippen molar-refractivity contribution in [1.82, 2.24) is 9.88 Å². The zero-order chi connectivity index (χ0) is 15.4. The van der Waals surface area contributed by atoms with E-state index in [1.54, 1.807) is 19.2 Å². The molecule has 2 heterocycles. The van der Waals surface area contributed by atoms with Gasteiger partial charge in [0.25, 0.3) is 11.5 Å². The lowest BCUT2D eigenvalue weighted by Crippen LogP contribution is -2.31. The minimum Gasteiger partial charge on any atom is -0.481 e. The van der Waals surface area contributed by atoms with Crippen LogP contribution in [0.25, 0.3) is 0 Å². The molecule has 6 nitrogen and oxygen atoms in total. The molecule has 1 atom stereocenters. The Bertz CT molecular complexity index is 706. The van der Waals surface area contributed by atoms with E-state index in [-0.39, 0.29) is 17.5 Å². The van der Waals surface area contributed by atoms with E-state index in [1.807, 2.05) is 5.38 Å². The second-order valence-corrected chi connectivity index (χ2v) is 5.48. The van der Waals surface area contributed by atoms with Crippen LogP contribution < -0.4 is 10.9 Å². The number of hydrogen-bond donors (Lipinski definition) is 2. The van der Waals surface area contributed by atoms with Gasteiger partial charge in [0.15, 0.2) is 0 Å². The quantitative estimate of drug-likeness (QED) is 0.874. The van der Waals surface area contributed by atoms with Crippen LogP contribution in [0.4, 0.5) is 0 Å². The summed E-state index contributed by atoms with van der Waals surface area (Å²) in [5, 5.41) is 13.4. The molecular weight excluding hydrogens is 292 g/mol. The number of nitrogens with one attached hydrogen (secondary N) is 1. The summed E-state index contributed by atoms with van der Waals surface area (Å²) in [5.41, 5.74) is -0.0846. The number of hydrogen-bond acceptors (Lipinski definition) is 4. The van der Waals surface area contributed by atoms with E-state index < -0.39 is 17.9 Å². The first kappa shape index (κ1) is 15.0. The highest BCUT2D eigenvalue weighted by Crippen LogP contribution is 2.22. The molecule has 2 aromatic heterocycles. The van der Waals surface area contributed by atoms with Crippen LogP contribution in [0.5, 0.6) is 0 Å². The first-order chi connectivity index (χ1) is 9.97. The second-order valence-electron chi connectivity index (χ2n) is 4.50. The number of pyridine rings is 1. The Morgan fingerprint density at radius 2 is 2.19 bits per heavy atom. The standard InChI is InChI=1S/C14H14N2O4S/c1-16-5-4-9(7-12(16)17)14(20)15-10(8-13(18)19)11-3-2-6-21-11/h2-7,10H,8H2,1H3,(H,15,20)(H,18,19). The van der Waals surface area contributed by atoms with E-state index in [2.05, 4.69) is 5.32 Å². The molecule has 0 aromatic carbocycles. The zero-order valence-corrected chi connectivity index (χ0v) is 12.1. The van der Waals surface area contributed by atoms with E-state index in [9.17, 15) is 14.4 Å². The molecule has 21 heavy (non-hydrogen) atoms. The molecule has 7 heteroatoms. The normalized spacial score (nSPS) is 11.9. The van der Waals surface area contributed by atoms with Gasteiger partial charge in [-0.1, -0.05) is 6.07 Å². The first-order valence-electron chi connectivity index (χ1n) is 6.20. The van der Waals surface area contributed by atoms with Crippen molar-refractivity contribution in [1.29, 1.82) is 0 Å². The predicted molar refractivity (Wildman–Crippen MR) is 78.5 cm³/mol. The maximum Gasteiger partial charge on any atom is 0.305 e. The topological polar surface area (TPSA) is 88.4 Å². The van der Waals surface area contributed by atoms with Crippen LogP contribution in [0, 0.1) is 0 Å². The number of carboxylic acid groups (broad SMARTS) is 1. The molecule has 0 radical (unpaired) electrons. The van der Waals surface area contributed by atoms with Crippen LogP contribution in [0.1, 0.15) is 27.7 Å². The van der Waals surface area contributed by atoms with Gasteiger partial charge in [0, 0.05) is 29.8 Å². The summed E-state index contributed by atoms with van der Waals surface area (Å²) in [6.45, 7) is 0. The predicted octanol–water partition coefficient (Wildman–Crippen LogP) is 1.39. The van der Waals surface area contributed by atoms with Crippen molar-refractivity contribution in [2.24, 2.45) is 7.05 Å². The van der Waals surface area contributed by atoms with Gasteiger partial charge < -0.3 is 15.0 Å². The molecule has 0 aliphatic heterocycles. The van der Waals surface area contributed by atoms with Gasteiger partial charge in [0.1, 0.15) is 0 Å². The first-order valence-corrected chi connectivity index (χ1v) is 7.08. The molecule has 0 saturated carbocycles. The molecule has 2 rings (SSSR count). The van der Waals surface area contributed by atoms with Gasteiger partial charge in [-0.25, -0.2) is 0 Å². The molecule has 0 fully saturated rings. The number of nitrogens with zero attached hydrogens (tertiary/aromatic N) is 1. The van der Waals surface area contributed by atoms with E-state index in [4.69, 9.17) is 5.11 Å². The van der Waals surface area contributed by atoms with E-state index >= 15 is 0 Å². The van der Waals surface area contributed by atoms with Gasteiger partial charge in [-0.3, -0.25) is 14.4 Å². The zero-order valence-electron chi connectivity index (χ0n) is 11.3. The Morgan fingerprint density at radius 3 is 2.76 bits per heavy atom. The highest BCUT2D eigenvalue weighted by Gasteiger charge is 2.20. The summed E-state index contributed by atoms with van der Waals surface area (Å²) in [4.78, 5) is 35.4. The number of amides is 1. The lowest BCUT2D eigenvalue weighted by Gasteiger charge is -2.15. The van der Waals surface area contributed by atoms with Crippen LogP contribution in [-0.4, -0.2) is 21.6 Å². The number of carbonyl (C=O) groups is 2. The number of aryl methyl sites for hydroxylation is 1. The van der Waals surface area contributed by atoms with E-state index in [0.29, 0.717) is 0 Å². The van der Waals surface area contributed by atoms with Crippen LogP contribution in [0.15, 0.2) is 40.6 Å². The minimum atomic E-state index is -1.00. The smallest absolute Gasteiger partial charge is 0.305 e. The average molecular weight is 306 g/mol. The van der Waals surface area contributed by atoms with Crippen molar-refractivity contribution in [3.63, 3.8) is 0 Å². The maximum atomic E-state index is 12.1. The van der Waals surface area contributed by atoms with Gasteiger partial charge in [0.2, 0.25) is 0 Å². The third-order valence-electron chi connectivity index (χ3n) is 2.94. The number of thiophene rings is 1. The second kappa shape index (κ2) is 6.36. The SMILES string of the molecule is Cn1ccc(C(=O)NC(CC(=O)O)c2cccs2)cc1=O. The fraction of sp³-hybridized carbons (Fsp3) is 0.214. The van der Waals surface area contributed by atoms with E-state index in [0.717, 1.165) is 4.88 Å². The number of carbonyl (C=O) groups excluding carboxylic acids is 1. The Balaban J connectivity index is 2.19. The highest BCUT2D eigenvalue weighted by molar-refractivity contribution is 7.10. The molecule has 1 amide bonds. The molecule has 0 aliphatic rings. The molecule has 0 bridgehead atoms. The van der Waals surface area contributed by atoms with Crippen molar-refractivity contribution in [3.8, 4) is 0 Å². The van der Waals surface area contributed by atoms with Gasteiger partial charge in [-0.2, -0.15) is 0 Å². The summed E-state index contributed by atoms with van der Waals surface area (Å²) >= 11 is 1.37. The largest absolute Gasteiger partial charge is 0.481 e. The molecule has 0 aliphatic carbocycles. The lowest BCUT2D eigenvalue weighted by atomic mass is 10.1. The summed E-state index contributed by atoms with van der Waals surface area (Å²) in [6, 6.07) is 5.69. The molecule has 2 aromatic rings. The van der Waals surface area contributed by atoms with Crippen LogP contribution in [0.2, 0.25) is 0 Å². The molecular formula is C14H14N2O4S. The van der Waals surface area contributed by atoms with Gasteiger partial charge in [0.05, 0.1) is 12.5 Å². The number of carboxylic acids is 1. The molecule has 0 spiro atoms. The van der Waals surface area contributed by atoms with Gasteiger partial charge >= 0.3 is 5.97 Å². The lowest BCUT2D eigenvalue weighted by molar-refractivity contribution is -0.137. The van der Waals surface area contributed by atoms with E-state index in [1.165, 1.54) is 34.2 Å². The van der Waals surface area contributed by atoms with Crippen molar-refractivity contribution >= 4 is 23.2 Å². The van der Waals surface area contributed by atoms with Crippen molar-refractivity contribution in [3.05, 3.63) is 56.6 Å². The third kappa shape index (κ3) is 3.79. The number of rotatable bonds is 5. The summed E-state index contributed by atoms with van der Waals surface area (Å²) < 4.78 is 1.35. The average Bonchev–Trinajstić information content (AvgIpc) is 2.94. The molecule has 0 saturated heterocycles. The van der Waals surface area contributed by atoms with Gasteiger partial charge in [-0.15, -0.1) is 11.3 Å². The van der Waals surface area contributed by atoms with Crippen molar-refractivity contribution in [2.75, 3.05) is 0 Å². The number of aromatic nitrogens is 1. The van der Waals surface area contributed by atoms with Crippen LogP contribution in [-0.2, 0) is 11.8 Å². The monoisotopic (exact) mass is 306 g/mol. The summed E-state index contributed by atoms with van der Waals surface area (Å²) in [7, 11) is 1.59. The van der Waals surface area contributed by atoms with Crippen molar-refractivity contribution in [2.45, 2.75) is 12.5 Å².